The molecule has 0 radical (unpaired) electrons. The van der Waals surface area contributed by atoms with Gasteiger partial charge in [0.05, 0.1) is 18.0 Å². The summed E-state index contributed by atoms with van der Waals surface area (Å²) in [7, 11) is 0. The van der Waals surface area contributed by atoms with Gasteiger partial charge in [-0.25, -0.2) is 0 Å². The summed E-state index contributed by atoms with van der Waals surface area (Å²) < 4.78 is 1.47. The second kappa shape index (κ2) is 5.35. The van der Waals surface area contributed by atoms with Crippen LogP contribution < -0.4 is 11.1 Å². The number of nitrogens with two attached hydrogens (primary N) is 1. The van der Waals surface area contributed by atoms with Crippen molar-refractivity contribution in [1.82, 2.24) is 15.1 Å². The molecule has 0 saturated carbocycles. The topological polar surface area (TPSA) is 93.2 Å². The number of anilines is 1. The number of aliphatic hydroxyl groups is 1. The minimum absolute atomic E-state index is 0.140. The Kier molecular flexibility index (Phi) is 4.11. The van der Waals surface area contributed by atoms with Crippen LogP contribution >= 0.6 is 0 Å². The van der Waals surface area contributed by atoms with Gasteiger partial charge in [0.1, 0.15) is 6.54 Å². The van der Waals surface area contributed by atoms with Gasteiger partial charge >= 0.3 is 0 Å². The summed E-state index contributed by atoms with van der Waals surface area (Å²) >= 11 is 0. The second-order valence-electron chi connectivity index (χ2n) is 3.46. The van der Waals surface area contributed by atoms with Gasteiger partial charge in [0.2, 0.25) is 5.91 Å². The number of amides is 1. The summed E-state index contributed by atoms with van der Waals surface area (Å²) in [4.78, 5) is 11.3. The van der Waals surface area contributed by atoms with Crippen molar-refractivity contribution in [1.29, 1.82) is 0 Å². The van der Waals surface area contributed by atoms with Crippen LogP contribution in [-0.2, 0) is 11.3 Å². The molecule has 4 N–H and O–H groups in total. The minimum atomic E-state index is -0.398. The van der Waals surface area contributed by atoms with Crippen LogP contribution in [0.4, 0.5) is 5.69 Å². The van der Waals surface area contributed by atoms with Gasteiger partial charge in [-0.3, -0.25) is 9.48 Å². The first-order chi connectivity index (χ1) is 7.08. The summed E-state index contributed by atoms with van der Waals surface area (Å²) in [6.07, 6.45) is 3.23. The number of carbonyl (C=O) groups is 1. The maximum absolute atomic E-state index is 11.3. The van der Waals surface area contributed by atoms with E-state index in [2.05, 4.69) is 10.4 Å². The molecule has 0 bridgehead atoms. The monoisotopic (exact) mass is 212 g/mol. The highest BCUT2D eigenvalue weighted by atomic mass is 16.3. The van der Waals surface area contributed by atoms with Crippen LogP contribution in [0.3, 0.4) is 0 Å². The largest absolute Gasteiger partial charge is 0.396 e. The third-order valence-electron chi connectivity index (χ3n) is 1.84. The first kappa shape index (κ1) is 11.5. The fraction of sp³-hybridized carbons (Fsp3) is 0.556. The Labute approximate surface area is 88.1 Å². The normalized spacial score (nSPS) is 12.4. The van der Waals surface area contributed by atoms with E-state index >= 15 is 0 Å². The summed E-state index contributed by atoms with van der Waals surface area (Å²) in [5, 5.41) is 15.5. The Balaban J connectivity index is 2.24. The predicted octanol–water partition coefficient (Wildman–Crippen LogP) is -0.648. The first-order valence-corrected chi connectivity index (χ1v) is 4.80. The predicted molar refractivity (Wildman–Crippen MR) is 55.9 cm³/mol. The Morgan fingerprint density at radius 3 is 3.07 bits per heavy atom. The van der Waals surface area contributed by atoms with Gasteiger partial charge in [0, 0.05) is 12.7 Å². The van der Waals surface area contributed by atoms with Crippen LogP contribution in [0.2, 0.25) is 0 Å². The van der Waals surface area contributed by atoms with E-state index in [9.17, 15) is 4.79 Å². The molecule has 0 aromatic carbocycles. The number of hydrogen-bond donors (Lipinski definition) is 3. The zero-order valence-corrected chi connectivity index (χ0v) is 8.68. The maximum atomic E-state index is 11.3. The average molecular weight is 212 g/mol. The molecule has 1 aromatic rings. The number of rotatable bonds is 5. The van der Waals surface area contributed by atoms with E-state index in [0.717, 1.165) is 0 Å². The zero-order valence-electron chi connectivity index (χ0n) is 8.68. The highest BCUT2D eigenvalue weighted by molar-refractivity contribution is 5.75. The summed E-state index contributed by atoms with van der Waals surface area (Å²) in [6.45, 7) is 2.30. The van der Waals surface area contributed by atoms with Crippen molar-refractivity contribution in [3.63, 3.8) is 0 Å². The van der Waals surface area contributed by atoms with Crippen molar-refractivity contribution in [3.05, 3.63) is 12.4 Å². The lowest BCUT2D eigenvalue weighted by atomic mass is 10.3. The van der Waals surface area contributed by atoms with Crippen molar-refractivity contribution in [2.24, 2.45) is 0 Å². The first-order valence-electron chi connectivity index (χ1n) is 4.80. The second-order valence-corrected chi connectivity index (χ2v) is 3.46. The molecule has 0 aliphatic heterocycles. The van der Waals surface area contributed by atoms with Crippen molar-refractivity contribution < 1.29 is 9.90 Å². The van der Waals surface area contributed by atoms with Gasteiger partial charge in [-0.2, -0.15) is 5.10 Å². The standard InChI is InChI=1S/C9H16N4O2/c1-7(14)2-3-11-9(15)6-13-5-8(10)4-12-13/h4-5,7,14H,2-3,6,10H2,1H3,(H,11,15). The fourth-order valence-corrected chi connectivity index (χ4v) is 1.09. The Morgan fingerprint density at radius 2 is 2.53 bits per heavy atom. The van der Waals surface area contributed by atoms with Crippen LogP contribution in [-0.4, -0.2) is 33.4 Å². The number of hydrogen-bond acceptors (Lipinski definition) is 4. The molecule has 84 valence electrons. The van der Waals surface area contributed by atoms with Crippen LogP contribution in [0.25, 0.3) is 0 Å². The number of carbonyl (C=O) groups excluding carboxylic acids is 1. The Hall–Kier alpha value is -1.56. The lowest BCUT2D eigenvalue weighted by molar-refractivity contribution is -0.121. The molecule has 0 fully saturated rings. The summed E-state index contributed by atoms with van der Waals surface area (Å²) in [5.74, 6) is -0.140. The number of nitrogens with one attached hydrogen (secondary N) is 1. The van der Waals surface area contributed by atoms with Crippen LogP contribution in [0.1, 0.15) is 13.3 Å². The molecule has 0 spiro atoms. The van der Waals surface area contributed by atoms with E-state index in [1.54, 1.807) is 13.1 Å². The fourth-order valence-electron chi connectivity index (χ4n) is 1.09. The highest BCUT2D eigenvalue weighted by Crippen LogP contribution is 1.97. The van der Waals surface area contributed by atoms with E-state index < -0.39 is 6.10 Å². The SMILES string of the molecule is CC(O)CCNC(=O)Cn1cc(N)cn1. The van der Waals surface area contributed by atoms with E-state index in [4.69, 9.17) is 10.8 Å². The molecule has 1 heterocycles. The molecule has 1 aromatic heterocycles. The van der Waals surface area contributed by atoms with Gasteiger partial charge in [-0.15, -0.1) is 0 Å². The smallest absolute Gasteiger partial charge is 0.241 e. The van der Waals surface area contributed by atoms with Gasteiger partial charge in [-0.1, -0.05) is 0 Å². The molecule has 0 aliphatic carbocycles. The highest BCUT2D eigenvalue weighted by Gasteiger charge is 2.03. The van der Waals surface area contributed by atoms with Crippen molar-refractivity contribution in [2.45, 2.75) is 26.0 Å². The van der Waals surface area contributed by atoms with E-state index in [-0.39, 0.29) is 12.5 Å². The quantitative estimate of drug-likeness (QED) is 0.604. The average Bonchev–Trinajstić information content (AvgIpc) is 2.50. The molecule has 1 amide bonds. The molecule has 1 rings (SSSR count). The Bertz CT molecular complexity index is 322. The van der Waals surface area contributed by atoms with Crippen LogP contribution in [0, 0.1) is 0 Å². The van der Waals surface area contributed by atoms with Gasteiger partial charge < -0.3 is 16.2 Å². The number of aromatic nitrogens is 2. The lowest BCUT2D eigenvalue weighted by Crippen LogP contribution is -2.30. The number of nitrogen functional groups attached to an aromatic ring is 1. The molecule has 0 aliphatic rings. The molecule has 1 unspecified atom stereocenters. The maximum Gasteiger partial charge on any atom is 0.241 e. The molecular formula is C9H16N4O2. The molecule has 1 atom stereocenters. The minimum Gasteiger partial charge on any atom is -0.396 e. The third kappa shape index (κ3) is 4.46. The van der Waals surface area contributed by atoms with Crippen LogP contribution in [0.15, 0.2) is 12.4 Å². The number of nitrogens with zero attached hydrogens (tertiary/aromatic N) is 2. The van der Waals surface area contributed by atoms with Crippen molar-refractivity contribution in [3.8, 4) is 0 Å². The van der Waals surface area contributed by atoms with Gasteiger partial charge in [0.15, 0.2) is 0 Å². The Morgan fingerprint density at radius 1 is 1.80 bits per heavy atom. The molecule has 0 saturated heterocycles. The van der Waals surface area contributed by atoms with E-state index in [0.29, 0.717) is 18.7 Å². The lowest BCUT2D eigenvalue weighted by Gasteiger charge is -2.06. The van der Waals surface area contributed by atoms with Crippen molar-refractivity contribution in [2.75, 3.05) is 12.3 Å². The van der Waals surface area contributed by atoms with Crippen LogP contribution in [0.5, 0.6) is 0 Å². The molecular weight excluding hydrogens is 196 g/mol. The summed E-state index contributed by atoms with van der Waals surface area (Å²) in [5.41, 5.74) is 5.98. The van der Waals surface area contributed by atoms with Gasteiger partial charge in [0.25, 0.3) is 0 Å². The van der Waals surface area contributed by atoms with E-state index in [1.807, 2.05) is 0 Å². The zero-order chi connectivity index (χ0) is 11.3. The molecule has 6 heteroatoms. The number of aliphatic hydroxyl groups excluding tert-OH is 1. The van der Waals surface area contributed by atoms with Gasteiger partial charge in [-0.05, 0) is 13.3 Å². The molecule has 6 nitrogen and oxygen atoms in total. The van der Waals surface area contributed by atoms with E-state index in [1.165, 1.54) is 10.9 Å². The summed E-state index contributed by atoms with van der Waals surface area (Å²) in [6, 6.07) is 0. The third-order valence-corrected chi connectivity index (χ3v) is 1.84. The van der Waals surface area contributed by atoms with Crippen molar-refractivity contribution >= 4 is 11.6 Å². The molecule has 15 heavy (non-hydrogen) atoms.